The second-order valence-electron chi connectivity index (χ2n) is 6.03. The number of hydrogen-bond donors (Lipinski definition) is 1. The molecular formula is C16H23NO3. The maximum absolute atomic E-state index is 12.4. The summed E-state index contributed by atoms with van der Waals surface area (Å²) < 4.78 is 5.03. The molecule has 1 N–H and O–H groups in total. The lowest BCUT2D eigenvalue weighted by atomic mass is 9.78. The Bertz CT molecular complexity index is 535. The molecule has 0 aliphatic heterocycles. The van der Waals surface area contributed by atoms with Crippen molar-refractivity contribution in [1.82, 2.24) is 5.32 Å². The van der Waals surface area contributed by atoms with Crippen LogP contribution in [0.3, 0.4) is 0 Å². The Balaban J connectivity index is 2.18. The van der Waals surface area contributed by atoms with Gasteiger partial charge < -0.3 is 9.73 Å². The Kier molecular flexibility index (Phi) is 4.31. The van der Waals surface area contributed by atoms with Crippen LogP contribution in [0.1, 0.15) is 54.8 Å². The molecule has 4 nitrogen and oxygen atoms in total. The van der Waals surface area contributed by atoms with Crippen LogP contribution in [0.25, 0.3) is 0 Å². The molecule has 1 aliphatic carbocycles. The summed E-state index contributed by atoms with van der Waals surface area (Å²) in [4.78, 5) is 23.7. The molecule has 1 amide bonds. The van der Waals surface area contributed by atoms with Gasteiger partial charge in [0.2, 0.25) is 0 Å². The first-order valence-electron chi connectivity index (χ1n) is 7.32. The van der Waals surface area contributed by atoms with Crippen molar-refractivity contribution in [3.05, 3.63) is 33.4 Å². The summed E-state index contributed by atoms with van der Waals surface area (Å²) in [5, 5.41) is 3.12. The van der Waals surface area contributed by atoms with E-state index in [9.17, 15) is 9.59 Å². The minimum absolute atomic E-state index is 0.130. The smallest absolute Gasteiger partial charge is 0.336 e. The number of carbonyl (C=O) groups excluding carboxylic acids is 1. The van der Waals surface area contributed by atoms with E-state index in [0.717, 1.165) is 12.8 Å². The van der Waals surface area contributed by atoms with Crippen LogP contribution >= 0.6 is 0 Å². The fourth-order valence-electron chi connectivity index (χ4n) is 3.12. The van der Waals surface area contributed by atoms with Gasteiger partial charge in [0.15, 0.2) is 0 Å². The van der Waals surface area contributed by atoms with Crippen molar-refractivity contribution in [2.45, 2.75) is 53.0 Å². The summed E-state index contributed by atoms with van der Waals surface area (Å²) in [7, 11) is 0. The first-order chi connectivity index (χ1) is 9.40. The van der Waals surface area contributed by atoms with Gasteiger partial charge in [0.1, 0.15) is 5.76 Å². The second kappa shape index (κ2) is 5.81. The number of hydrogen-bond acceptors (Lipinski definition) is 3. The molecular weight excluding hydrogens is 254 g/mol. The molecule has 1 heterocycles. The molecule has 0 aromatic carbocycles. The SMILES string of the molecule is Cc1cc(=O)oc(C)c1C(=O)NC1CCCC(C)C1C. The summed E-state index contributed by atoms with van der Waals surface area (Å²) >= 11 is 0. The number of aryl methyl sites for hydroxylation is 2. The van der Waals surface area contributed by atoms with E-state index in [1.165, 1.54) is 12.5 Å². The van der Waals surface area contributed by atoms with Crippen LogP contribution in [0.2, 0.25) is 0 Å². The van der Waals surface area contributed by atoms with Crippen LogP contribution in [0.4, 0.5) is 0 Å². The lowest BCUT2D eigenvalue weighted by molar-refractivity contribution is 0.0886. The van der Waals surface area contributed by atoms with Crippen LogP contribution < -0.4 is 10.9 Å². The van der Waals surface area contributed by atoms with Crippen molar-refractivity contribution in [1.29, 1.82) is 0 Å². The molecule has 1 fully saturated rings. The predicted octanol–water partition coefficient (Wildman–Crippen LogP) is 2.81. The highest BCUT2D eigenvalue weighted by atomic mass is 16.4. The maximum Gasteiger partial charge on any atom is 0.336 e. The summed E-state index contributed by atoms with van der Waals surface area (Å²) in [5.74, 6) is 1.37. The van der Waals surface area contributed by atoms with Crippen LogP contribution in [0.15, 0.2) is 15.3 Å². The molecule has 110 valence electrons. The van der Waals surface area contributed by atoms with Crippen molar-refractivity contribution in [2.75, 3.05) is 0 Å². The normalized spacial score (nSPS) is 26.3. The molecule has 20 heavy (non-hydrogen) atoms. The topological polar surface area (TPSA) is 59.3 Å². The van der Waals surface area contributed by atoms with Crippen molar-refractivity contribution < 1.29 is 9.21 Å². The maximum atomic E-state index is 12.4. The molecule has 1 saturated carbocycles. The van der Waals surface area contributed by atoms with Crippen molar-refractivity contribution >= 4 is 5.91 Å². The fourth-order valence-corrected chi connectivity index (χ4v) is 3.12. The molecule has 0 bridgehead atoms. The van der Waals surface area contributed by atoms with Gasteiger partial charge in [-0.25, -0.2) is 4.79 Å². The number of rotatable bonds is 2. The van der Waals surface area contributed by atoms with Crippen molar-refractivity contribution in [2.24, 2.45) is 11.8 Å². The van der Waals surface area contributed by atoms with E-state index >= 15 is 0 Å². The number of nitrogens with one attached hydrogen (secondary N) is 1. The third-order valence-corrected chi connectivity index (χ3v) is 4.58. The zero-order valence-electron chi connectivity index (χ0n) is 12.7. The van der Waals surface area contributed by atoms with E-state index in [1.807, 2.05) is 0 Å². The van der Waals surface area contributed by atoms with E-state index in [0.29, 0.717) is 28.7 Å². The third-order valence-electron chi connectivity index (χ3n) is 4.58. The summed E-state index contributed by atoms with van der Waals surface area (Å²) in [6.45, 7) is 7.86. The molecule has 0 spiro atoms. The summed E-state index contributed by atoms with van der Waals surface area (Å²) in [6, 6.07) is 1.58. The quantitative estimate of drug-likeness (QED) is 0.904. The first kappa shape index (κ1) is 14.8. The first-order valence-corrected chi connectivity index (χ1v) is 7.32. The highest BCUT2D eigenvalue weighted by Gasteiger charge is 2.29. The fraction of sp³-hybridized carbons (Fsp3) is 0.625. The van der Waals surface area contributed by atoms with Crippen molar-refractivity contribution in [3.8, 4) is 0 Å². The molecule has 1 aromatic heterocycles. The molecule has 1 aliphatic rings. The van der Waals surface area contributed by atoms with Crippen LogP contribution in [0.5, 0.6) is 0 Å². The van der Waals surface area contributed by atoms with Gasteiger partial charge in [-0.1, -0.05) is 26.7 Å². The van der Waals surface area contributed by atoms with Crippen LogP contribution in [0, 0.1) is 25.7 Å². The molecule has 3 atom stereocenters. The van der Waals surface area contributed by atoms with Gasteiger partial charge in [0.25, 0.3) is 5.91 Å². The van der Waals surface area contributed by atoms with E-state index in [1.54, 1.807) is 13.8 Å². The van der Waals surface area contributed by atoms with Gasteiger partial charge in [0, 0.05) is 12.1 Å². The number of carbonyl (C=O) groups is 1. The largest absolute Gasteiger partial charge is 0.427 e. The average molecular weight is 277 g/mol. The van der Waals surface area contributed by atoms with Crippen LogP contribution in [-0.2, 0) is 0 Å². The predicted molar refractivity (Wildman–Crippen MR) is 77.9 cm³/mol. The Morgan fingerprint density at radius 3 is 2.65 bits per heavy atom. The van der Waals surface area contributed by atoms with Gasteiger partial charge >= 0.3 is 5.63 Å². The summed E-state index contributed by atoms with van der Waals surface area (Å²) in [5.41, 5.74) is 0.763. The molecule has 4 heteroatoms. The van der Waals surface area contributed by atoms with Crippen molar-refractivity contribution in [3.63, 3.8) is 0 Å². The van der Waals surface area contributed by atoms with Gasteiger partial charge in [0.05, 0.1) is 5.56 Å². The van der Waals surface area contributed by atoms with E-state index < -0.39 is 5.63 Å². The lowest BCUT2D eigenvalue weighted by Crippen LogP contribution is -2.44. The van der Waals surface area contributed by atoms with Gasteiger partial charge in [-0.2, -0.15) is 0 Å². The number of amides is 1. The molecule has 0 saturated heterocycles. The average Bonchev–Trinajstić information content (AvgIpc) is 2.33. The standard InChI is InChI=1S/C16H23NO3/c1-9-6-5-7-13(11(9)3)17-16(19)15-10(2)8-14(18)20-12(15)4/h8-9,11,13H,5-7H2,1-4H3,(H,17,19). The molecule has 0 radical (unpaired) electrons. The van der Waals surface area contributed by atoms with Gasteiger partial charge in [-0.15, -0.1) is 0 Å². The highest BCUT2D eigenvalue weighted by molar-refractivity contribution is 5.96. The zero-order chi connectivity index (χ0) is 14.9. The second-order valence-corrected chi connectivity index (χ2v) is 6.03. The Labute approximate surface area is 119 Å². The highest BCUT2D eigenvalue weighted by Crippen LogP contribution is 2.29. The molecule has 3 unspecified atom stereocenters. The molecule has 2 rings (SSSR count). The van der Waals surface area contributed by atoms with Crippen LogP contribution in [-0.4, -0.2) is 11.9 Å². The monoisotopic (exact) mass is 277 g/mol. The zero-order valence-corrected chi connectivity index (χ0v) is 12.7. The Hall–Kier alpha value is -1.58. The summed E-state index contributed by atoms with van der Waals surface area (Å²) in [6.07, 6.45) is 3.40. The minimum Gasteiger partial charge on any atom is -0.427 e. The van der Waals surface area contributed by atoms with E-state index in [-0.39, 0.29) is 11.9 Å². The Morgan fingerprint density at radius 2 is 2.00 bits per heavy atom. The van der Waals surface area contributed by atoms with Gasteiger partial charge in [-0.3, -0.25) is 4.79 Å². The lowest BCUT2D eigenvalue weighted by Gasteiger charge is -2.34. The Morgan fingerprint density at radius 1 is 1.30 bits per heavy atom. The minimum atomic E-state index is -0.406. The third kappa shape index (κ3) is 2.94. The van der Waals surface area contributed by atoms with Gasteiger partial charge in [-0.05, 0) is 37.7 Å². The van der Waals surface area contributed by atoms with E-state index in [2.05, 4.69) is 19.2 Å². The molecule has 1 aromatic rings. The van der Waals surface area contributed by atoms with E-state index in [4.69, 9.17) is 4.42 Å².